The Labute approximate surface area is 135 Å². The van der Waals surface area contributed by atoms with E-state index in [-0.39, 0.29) is 0 Å². The summed E-state index contributed by atoms with van der Waals surface area (Å²) in [5.74, 6) is 1.21. The van der Waals surface area contributed by atoms with Crippen LogP contribution in [0.3, 0.4) is 0 Å². The zero-order valence-corrected chi connectivity index (χ0v) is 12.9. The van der Waals surface area contributed by atoms with Gasteiger partial charge in [-0.25, -0.2) is 4.98 Å². The van der Waals surface area contributed by atoms with Gasteiger partial charge in [0.05, 0.1) is 29.6 Å². The Morgan fingerprint density at radius 2 is 2.17 bits per heavy atom. The summed E-state index contributed by atoms with van der Waals surface area (Å²) in [5, 5.41) is 24.0. The summed E-state index contributed by atoms with van der Waals surface area (Å²) in [5.41, 5.74) is 2.52. The number of aryl methyl sites for hydroxylation is 1. The molecule has 0 radical (unpaired) electrons. The van der Waals surface area contributed by atoms with E-state index in [1.807, 2.05) is 16.8 Å². The van der Waals surface area contributed by atoms with Crippen LogP contribution in [-0.4, -0.2) is 26.4 Å². The van der Waals surface area contributed by atoms with E-state index in [2.05, 4.69) is 21.1 Å². The zero-order chi connectivity index (χ0) is 15.8. The lowest BCUT2D eigenvalue weighted by Gasteiger charge is -2.21. The largest absolute Gasteiger partial charge is 0.386 e. The molecule has 0 saturated heterocycles. The van der Waals surface area contributed by atoms with Crippen molar-refractivity contribution in [3.05, 3.63) is 41.3 Å². The number of aromatic nitrogens is 3. The average Bonchev–Trinajstić information content (AvgIpc) is 3.38. The molecule has 3 heterocycles. The fourth-order valence-corrected chi connectivity index (χ4v) is 3.14. The fourth-order valence-electron chi connectivity index (χ4n) is 3.14. The molecule has 0 aromatic carbocycles. The quantitative estimate of drug-likeness (QED) is 0.938. The van der Waals surface area contributed by atoms with E-state index in [1.54, 1.807) is 12.3 Å². The Morgan fingerprint density at radius 1 is 1.30 bits per heavy atom. The van der Waals surface area contributed by atoms with Gasteiger partial charge < -0.3 is 10.0 Å². The topological polar surface area (TPSA) is 78.0 Å². The van der Waals surface area contributed by atoms with Gasteiger partial charge in [0, 0.05) is 19.3 Å². The number of nitrogens with zero attached hydrogens (tertiary/aromatic N) is 5. The third kappa shape index (κ3) is 2.80. The normalized spacial score (nSPS) is 18.9. The Bertz CT molecular complexity index is 759. The first kappa shape index (κ1) is 14.2. The van der Waals surface area contributed by atoms with Crippen molar-refractivity contribution in [3.8, 4) is 6.07 Å². The maximum absolute atomic E-state index is 10.3. The lowest BCUT2D eigenvalue weighted by Crippen LogP contribution is -2.23. The molecule has 2 aliphatic rings. The average molecular weight is 309 g/mol. The molecule has 6 heteroatoms. The molecule has 0 unspecified atom stereocenters. The van der Waals surface area contributed by atoms with Crippen LogP contribution in [0.2, 0.25) is 0 Å². The number of hydrogen-bond acceptors (Lipinski definition) is 5. The van der Waals surface area contributed by atoms with Gasteiger partial charge in [-0.2, -0.15) is 10.4 Å². The maximum atomic E-state index is 10.3. The van der Waals surface area contributed by atoms with Crippen molar-refractivity contribution in [1.82, 2.24) is 14.8 Å². The van der Waals surface area contributed by atoms with Crippen LogP contribution < -0.4 is 4.90 Å². The van der Waals surface area contributed by atoms with Crippen LogP contribution in [0.5, 0.6) is 0 Å². The maximum Gasteiger partial charge on any atom is 0.130 e. The molecule has 1 atom stereocenters. The number of hydrogen-bond donors (Lipinski definition) is 1. The molecule has 1 aliphatic heterocycles. The fraction of sp³-hybridized carbons (Fsp3) is 0.471. The SMILES string of the molecule is N#Cc1ccnc(N2CCCn3nc([C@@H](O)C4CC4)cc3C2)c1. The van der Waals surface area contributed by atoms with Gasteiger partial charge in [-0.1, -0.05) is 0 Å². The number of pyridine rings is 1. The number of aliphatic hydroxyl groups is 1. The third-order valence-electron chi connectivity index (χ3n) is 4.60. The highest BCUT2D eigenvalue weighted by Crippen LogP contribution is 2.40. The Kier molecular flexibility index (Phi) is 3.50. The minimum absolute atomic E-state index is 0.388. The van der Waals surface area contributed by atoms with Crippen LogP contribution in [0.1, 0.15) is 42.3 Å². The number of rotatable bonds is 3. The minimum Gasteiger partial charge on any atom is -0.386 e. The predicted molar refractivity (Wildman–Crippen MR) is 84.5 cm³/mol. The molecule has 118 valence electrons. The molecule has 2 aromatic rings. The van der Waals surface area contributed by atoms with Crippen LogP contribution in [0.15, 0.2) is 24.4 Å². The molecule has 4 rings (SSSR count). The molecule has 1 aliphatic carbocycles. The van der Waals surface area contributed by atoms with E-state index in [4.69, 9.17) is 5.26 Å². The van der Waals surface area contributed by atoms with Crippen molar-refractivity contribution in [1.29, 1.82) is 5.26 Å². The van der Waals surface area contributed by atoms with Gasteiger partial charge in [-0.05, 0) is 43.4 Å². The molecule has 0 bridgehead atoms. The summed E-state index contributed by atoms with van der Waals surface area (Å²) in [6, 6.07) is 7.73. The van der Waals surface area contributed by atoms with Crippen molar-refractivity contribution in [2.75, 3.05) is 11.4 Å². The van der Waals surface area contributed by atoms with E-state index < -0.39 is 6.10 Å². The van der Waals surface area contributed by atoms with Gasteiger partial charge in [0.2, 0.25) is 0 Å². The van der Waals surface area contributed by atoms with Gasteiger partial charge in [-0.3, -0.25) is 4.68 Å². The number of aliphatic hydroxyl groups excluding tert-OH is 1. The van der Waals surface area contributed by atoms with Crippen LogP contribution in [0.25, 0.3) is 0 Å². The molecule has 0 amide bonds. The lowest BCUT2D eigenvalue weighted by atomic mass is 10.1. The summed E-state index contributed by atoms with van der Waals surface area (Å²) in [6.45, 7) is 2.43. The molecule has 1 N–H and O–H groups in total. The summed E-state index contributed by atoms with van der Waals surface area (Å²) in [7, 11) is 0. The van der Waals surface area contributed by atoms with Crippen LogP contribution in [0.4, 0.5) is 5.82 Å². The first-order valence-electron chi connectivity index (χ1n) is 8.10. The molecular formula is C17H19N5O. The van der Waals surface area contributed by atoms with E-state index >= 15 is 0 Å². The smallest absolute Gasteiger partial charge is 0.130 e. The summed E-state index contributed by atoms with van der Waals surface area (Å²) in [6.07, 6.45) is 4.41. The Balaban J connectivity index is 1.59. The molecule has 1 fully saturated rings. The molecule has 6 nitrogen and oxygen atoms in total. The monoisotopic (exact) mass is 309 g/mol. The minimum atomic E-state index is -0.428. The molecule has 23 heavy (non-hydrogen) atoms. The van der Waals surface area contributed by atoms with Crippen molar-refractivity contribution >= 4 is 5.82 Å². The van der Waals surface area contributed by atoms with Crippen molar-refractivity contribution in [2.24, 2.45) is 5.92 Å². The standard InChI is InChI=1S/C17H19N5O/c18-10-12-4-5-19-16(8-12)21-6-1-7-22-14(11-21)9-15(20-22)17(23)13-2-3-13/h4-5,8-9,13,17,23H,1-3,6-7,11H2/t17-/m0/s1. The highest BCUT2D eigenvalue weighted by atomic mass is 16.3. The van der Waals surface area contributed by atoms with Crippen LogP contribution in [-0.2, 0) is 13.1 Å². The van der Waals surface area contributed by atoms with Crippen LogP contribution in [0, 0.1) is 17.2 Å². The van der Waals surface area contributed by atoms with Gasteiger partial charge >= 0.3 is 0 Å². The molecule has 0 spiro atoms. The number of nitriles is 1. The molecule has 2 aromatic heterocycles. The second-order valence-electron chi connectivity index (χ2n) is 6.36. The van der Waals surface area contributed by atoms with Crippen molar-refractivity contribution < 1.29 is 5.11 Å². The molecular weight excluding hydrogens is 290 g/mol. The lowest BCUT2D eigenvalue weighted by molar-refractivity contribution is 0.148. The van der Waals surface area contributed by atoms with Crippen molar-refractivity contribution in [2.45, 2.75) is 38.5 Å². The van der Waals surface area contributed by atoms with Gasteiger partial charge in [0.25, 0.3) is 0 Å². The first-order chi connectivity index (χ1) is 11.2. The first-order valence-corrected chi connectivity index (χ1v) is 8.10. The predicted octanol–water partition coefficient (Wildman–Crippen LogP) is 2.00. The van der Waals surface area contributed by atoms with Gasteiger partial charge in [0.1, 0.15) is 11.9 Å². The number of anilines is 1. The van der Waals surface area contributed by atoms with Crippen LogP contribution >= 0.6 is 0 Å². The second kappa shape index (κ2) is 5.67. The summed E-state index contributed by atoms with van der Waals surface area (Å²) < 4.78 is 2.01. The highest BCUT2D eigenvalue weighted by Gasteiger charge is 2.33. The van der Waals surface area contributed by atoms with E-state index in [9.17, 15) is 5.11 Å². The summed E-state index contributed by atoms with van der Waals surface area (Å²) in [4.78, 5) is 6.58. The molecule has 1 saturated carbocycles. The van der Waals surface area contributed by atoms with E-state index in [0.717, 1.165) is 49.6 Å². The Hall–Kier alpha value is -2.39. The zero-order valence-electron chi connectivity index (χ0n) is 12.9. The van der Waals surface area contributed by atoms with Gasteiger partial charge in [-0.15, -0.1) is 0 Å². The third-order valence-corrected chi connectivity index (χ3v) is 4.60. The highest BCUT2D eigenvalue weighted by molar-refractivity contribution is 5.45. The summed E-state index contributed by atoms with van der Waals surface area (Å²) >= 11 is 0. The van der Waals surface area contributed by atoms with E-state index in [0.29, 0.717) is 18.0 Å². The van der Waals surface area contributed by atoms with E-state index in [1.165, 1.54) is 0 Å². The second-order valence-corrected chi connectivity index (χ2v) is 6.36. The Morgan fingerprint density at radius 3 is 2.96 bits per heavy atom. The number of fused-ring (bicyclic) bond motifs is 1. The van der Waals surface area contributed by atoms with Crippen molar-refractivity contribution in [3.63, 3.8) is 0 Å². The van der Waals surface area contributed by atoms with Gasteiger partial charge in [0.15, 0.2) is 0 Å².